The number of amides is 2. The molecule has 1 aliphatic heterocycles. The van der Waals surface area contributed by atoms with Crippen LogP contribution in [0.2, 0.25) is 0 Å². The number of para-hydroxylation sites is 1. The van der Waals surface area contributed by atoms with Crippen LogP contribution in [0.1, 0.15) is 49.9 Å². The smallest absolute Gasteiger partial charge is 0.326 e. The van der Waals surface area contributed by atoms with E-state index < -0.39 is 30.8 Å². The predicted molar refractivity (Wildman–Crippen MR) is 100 cm³/mol. The first-order chi connectivity index (χ1) is 13.0. The van der Waals surface area contributed by atoms with Crippen LogP contribution in [-0.4, -0.2) is 43.3 Å². The van der Waals surface area contributed by atoms with Gasteiger partial charge in [-0.25, -0.2) is 0 Å². The SMILES string of the molecule is CCCC[C@H](CC)CNC(=O)COC(=O)CN1C(=O)C(=O)c2ccccc21. The molecule has 1 atom stereocenters. The van der Waals surface area contributed by atoms with Crippen molar-refractivity contribution in [2.24, 2.45) is 5.92 Å². The summed E-state index contributed by atoms with van der Waals surface area (Å²) in [7, 11) is 0. The molecular weight excluding hydrogens is 348 g/mol. The van der Waals surface area contributed by atoms with E-state index in [9.17, 15) is 19.2 Å². The lowest BCUT2D eigenvalue weighted by Crippen LogP contribution is -2.37. The number of fused-ring (bicyclic) bond motifs is 1. The van der Waals surface area contributed by atoms with Crippen molar-refractivity contribution < 1.29 is 23.9 Å². The van der Waals surface area contributed by atoms with Crippen LogP contribution in [0.25, 0.3) is 0 Å². The second kappa shape index (κ2) is 9.85. The molecule has 0 saturated carbocycles. The topological polar surface area (TPSA) is 92.8 Å². The summed E-state index contributed by atoms with van der Waals surface area (Å²) in [5.41, 5.74) is 0.654. The normalized spacial score (nSPS) is 14.1. The maximum atomic E-state index is 12.0. The minimum absolute atomic E-state index is 0.269. The Morgan fingerprint density at radius 3 is 2.63 bits per heavy atom. The fourth-order valence-corrected chi connectivity index (χ4v) is 2.98. The van der Waals surface area contributed by atoms with Crippen molar-refractivity contribution in [1.29, 1.82) is 0 Å². The third-order valence-corrected chi connectivity index (χ3v) is 4.66. The molecule has 0 fully saturated rings. The standard InChI is InChI=1S/C20H26N2O5/c1-3-5-8-14(4-2)11-21-17(23)13-27-18(24)12-22-16-10-7-6-9-15(16)19(25)20(22)26/h6-7,9-10,14H,3-5,8,11-13H2,1-2H3,(H,21,23)/t14-/m0/s1. The number of hydrogen-bond donors (Lipinski definition) is 1. The third kappa shape index (κ3) is 5.39. The highest BCUT2D eigenvalue weighted by Crippen LogP contribution is 2.28. The minimum Gasteiger partial charge on any atom is -0.454 e. The molecule has 0 radical (unpaired) electrons. The average Bonchev–Trinajstić information content (AvgIpc) is 2.91. The number of nitrogens with zero attached hydrogens (tertiary/aromatic N) is 1. The first kappa shape index (κ1) is 20.6. The van der Waals surface area contributed by atoms with Crippen LogP contribution >= 0.6 is 0 Å². The number of hydrogen-bond acceptors (Lipinski definition) is 5. The van der Waals surface area contributed by atoms with Crippen LogP contribution < -0.4 is 10.2 Å². The third-order valence-electron chi connectivity index (χ3n) is 4.66. The fraction of sp³-hybridized carbons (Fsp3) is 0.500. The van der Waals surface area contributed by atoms with Gasteiger partial charge in [0.25, 0.3) is 17.6 Å². The highest BCUT2D eigenvalue weighted by atomic mass is 16.5. The van der Waals surface area contributed by atoms with Gasteiger partial charge in [-0.1, -0.05) is 45.2 Å². The van der Waals surface area contributed by atoms with Gasteiger partial charge in [0, 0.05) is 6.54 Å². The van der Waals surface area contributed by atoms with Crippen molar-refractivity contribution in [3.05, 3.63) is 29.8 Å². The van der Waals surface area contributed by atoms with Crippen LogP contribution in [0.4, 0.5) is 5.69 Å². The summed E-state index contributed by atoms with van der Waals surface area (Å²) in [4.78, 5) is 48.9. The van der Waals surface area contributed by atoms with Crippen LogP contribution in [0.5, 0.6) is 0 Å². The van der Waals surface area contributed by atoms with Crippen molar-refractivity contribution >= 4 is 29.3 Å². The number of anilines is 1. The summed E-state index contributed by atoms with van der Waals surface area (Å²) < 4.78 is 4.96. The molecule has 1 aliphatic rings. The molecular formula is C20H26N2O5. The number of unbranched alkanes of at least 4 members (excludes halogenated alkanes) is 1. The lowest BCUT2D eigenvalue weighted by atomic mass is 9.99. The van der Waals surface area contributed by atoms with Gasteiger partial charge in [0.05, 0.1) is 11.3 Å². The quantitative estimate of drug-likeness (QED) is 0.500. The first-order valence-corrected chi connectivity index (χ1v) is 9.35. The molecule has 0 spiro atoms. The Morgan fingerprint density at radius 2 is 1.93 bits per heavy atom. The summed E-state index contributed by atoms with van der Waals surface area (Å²) >= 11 is 0. The second-order valence-electron chi connectivity index (χ2n) is 6.62. The number of ketones is 1. The van der Waals surface area contributed by atoms with Gasteiger partial charge in [-0.05, 0) is 24.5 Å². The van der Waals surface area contributed by atoms with Gasteiger partial charge < -0.3 is 10.1 Å². The van der Waals surface area contributed by atoms with E-state index in [0.717, 1.165) is 30.6 Å². The molecule has 7 heteroatoms. The average molecular weight is 374 g/mol. The van der Waals surface area contributed by atoms with E-state index in [-0.39, 0.29) is 11.5 Å². The van der Waals surface area contributed by atoms with Crippen molar-refractivity contribution in [3.8, 4) is 0 Å². The highest BCUT2D eigenvalue weighted by Gasteiger charge is 2.36. The number of Topliss-reactive ketones (excluding diaryl/α,β-unsaturated/α-hetero) is 1. The molecule has 27 heavy (non-hydrogen) atoms. The fourth-order valence-electron chi connectivity index (χ4n) is 2.98. The number of esters is 1. The van der Waals surface area contributed by atoms with E-state index in [1.54, 1.807) is 18.2 Å². The van der Waals surface area contributed by atoms with Crippen LogP contribution in [-0.2, 0) is 19.1 Å². The van der Waals surface area contributed by atoms with E-state index in [2.05, 4.69) is 19.2 Å². The van der Waals surface area contributed by atoms with E-state index >= 15 is 0 Å². The number of benzene rings is 1. The molecule has 1 aromatic carbocycles. The van der Waals surface area contributed by atoms with Crippen molar-refractivity contribution in [1.82, 2.24) is 5.32 Å². The molecule has 0 unspecified atom stereocenters. The monoisotopic (exact) mass is 374 g/mol. The molecule has 0 aromatic heterocycles. The maximum absolute atomic E-state index is 12.0. The van der Waals surface area contributed by atoms with E-state index in [1.165, 1.54) is 6.07 Å². The summed E-state index contributed by atoms with van der Waals surface area (Å²) in [5.74, 6) is -2.11. The summed E-state index contributed by atoms with van der Waals surface area (Å²) in [6.07, 6.45) is 4.26. The van der Waals surface area contributed by atoms with Gasteiger partial charge in [0.1, 0.15) is 6.54 Å². The van der Waals surface area contributed by atoms with Crippen LogP contribution in [0.15, 0.2) is 24.3 Å². The van der Waals surface area contributed by atoms with Gasteiger partial charge in [0.2, 0.25) is 0 Å². The van der Waals surface area contributed by atoms with Gasteiger partial charge in [-0.15, -0.1) is 0 Å². The lowest BCUT2D eigenvalue weighted by Gasteiger charge is -2.16. The number of rotatable bonds is 10. The van der Waals surface area contributed by atoms with Crippen LogP contribution in [0, 0.1) is 5.92 Å². The Kier molecular flexibility index (Phi) is 7.52. The Bertz CT molecular complexity index is 716. The molecule has 2 rings (SSSR count). The zero-order chi connectivity index (χ0) is 19.8. The Balaban J connectivity index is 1.79. The van der Waals surface area contributed by atoms with E-state index in [1.807, 2.05) is 0 Å². The second-order valence-corrected chi connectivity index (χ2v) is 6.62. The summed E-state index contributed by atoms with van der Waals surface area (Å²) in [5, 5.41) is 2.77. The van der Waals surface area contributed by atoms with Crippen molar-refractivity contribution in [2.45, 2.75) is 39.5 Å². The number of nitrogens with one attached hydrogen (secondary N) is 1. The molecule has 7 nitrogen and oxygen atoms in total. The molecule has 1 aromatic rings. The van der Waals surface area contributed by atoms with Crippen LogP contribution in [0.3, 0.4) is 0 Å². The van der Waals surface area contributed by atoms with Gasteiger partial charge in [0.15, 0.2) is 6.61 Å². The van der Waals surface area contributed by atoms with E-state index in [0.29, 0.717) is 18.2 Å². The van der Waals surface area contributed by atoms with Crippen molar-refractivity contribution in [2.75, 3.05) is 24.6 Å². The van der Waals surface area contributed by atoms with Gasteiger partial charge in [-0.2, -0.15) is 0 Å². The molecule has 0 aliphatic carbocycles. The number of carbonyl (C=O) groups excluding carboxylic acids is 4. The highest BCUT2D eigenvalue weighted by molar-refractivity contribution is 6.52. The molecule has 2 amide bonds. The largest absolute Gasteiger partial charge is 0.454 e. The molecule has 0 saturated heterocycles. The zero-order valence-corrected chi connectivity index (χ0v) is 15.8. The Hall–Kier alpha value is -2.70. The minimum atomic E-state index is -0.765. The Morgan fingerprint density at radius 1 is 1.19 bits per heavy atom. The number of ether oxygens (including phenoxy) is 1. The van der Waals surface area contributed by atoms with Gasteiger partial charge in [-0.3, -0.25) is 24.1 Å². The summed E-state index contributed by atoms with van der Waals surface area (Å²) in [6.45, 7) is 3.96. The van der Waals surface area contributed by atoms with Gasteiger partial charge >= 0.3 is 5.97 Å². The first-order valence-electron chi connectivity index (χ1n) is 9.35. The molecule has 1 heterocycles. The predicted octanol–water partition coefficient (Wildman–Crippen LogP) is 2.09. The molecule has 0 bridgehead atoms. The molecule has 1 N–H and O–H groups in total. The van der Waals surface area contributed by atoms with E-state index in [4.69, 9.17) is 4.74 Å². The van der Waals surface area contributed by atoms with Crippen molar-refractivity contribution in [3.63, 3.8) is 0 Å². The number of carbonyl (C=O) groups is 4. The lowest BCUT2D eigenvalue weighted by molar-refractivity contribution is -0.147. The maximum Gasteiger partial charge on any atom is 0.326 e. The zero-order valence-electron chi connectivity index (χ0n) is 15.8. The summed E-state index contributed by atoms with van der Waals surface area (Å²) in [6, 6.07) is 6.47. The Labute approximate surface area is 159 Å². The molecule has 146 valence electrons.